The zero-order valence-electron chi connectivity index (χ0n) is 3.10. The van der Waals surface area contributed by atoms with Crippen LogP contribution in [0.2, 0.25) is 0 Å². The molecule has 0 rings (SSSR count). The Kier molecular flexibility index (Phi) is 2.82. The SMILES string of the molecule is CCC#[N+]O. The van der Waals surface area contributed by atoms with Crippen molar-refractivity contribution in [3.8, 4) is 6.07 Å². The summed E-state index contributed by atoms with van der Waals surface area (Å²) in [6.45, 7) is 1.85. The second kappa shape index (κ2) is 3.29. The van der Waals surface area contributed by atoms with Crippen LogP contribution in [-0.4, -0.2) is 5.21 Å². The summed E-state index contributed by atoms with van der Waals surface area (Å²) >= 11 is 0. The summed E-state index contributed by atoms with van der Waals surface area (Å²) in [5, 5.41) is 10.2. The van der Waals surface area contributed by atoms with Gasteiger partial charge in [0.25, 0.3) is 0 Å². The Bertz CT molecular complexity index is 59.0. The second-order valence-electron chi connectivity index (χ2n) is 0.612. The average Bonchev–Trinajstić information content (AvgIpc) is 1.41. The average molecular weight is 72.1 g/mol. The lowest BCUT2D eigenvalue weighted by molar-refractivity contribution is 0.464. The number of nitrogens with zero attached hydrogens (tertiary/aromatic N) is 1. The van der Waals surface area contributed by atoms with Crippen molar-refractivity contribution in [2.45, 2.75) is 13.3 Å². The fraction of sp³-hybridized carbons (Fsp3) is 0.667. The molecule has 0 bridgehead atoms. The molecule has 0 aromatic carbocycles. The van der Waals surface area contributed by atoms with E-state index >= 15 is 0 Å². The van der Waals surface area contributed by atoms with Crippen LogP contribution in [0, 0.1) is 6.07 Å². The standard InChI is InChI=1S/C3H5NO/c1-2-3-4-5/h2H2,1H3/p+1. The first-order chi connectivity index (χ1) is 2.41. The Morgan fingerprint density at radius 1 is 2.00 bits per heavy atom. The fourth-order valence-corrected chi connectivity index (χ4v) is 0.0707. The topological polar surface area (TPSA) is 24.6 Å². The monoisotopic (exact) mass is 72.0 g/mol. The molecule has 0 atom stereocenters. The number of hydrogen-bond acceptors (Lipinski definition) is 1. The third kappa shape index (κ3) is 3.29. The molecule has 0 fully saturated rings. The minimum Gasteiger partial charge on any atom is -0.177 e. The van der Waals surface area contributed by atoms with Gasteiger partial charge in [-0.05, 0) is 6.92 Å². The van der Waals surface area contributed by atoms with Crippen molar-refractivity contribution in [2.75, 3.05) is 0 Å². The van der Waals surface area contributed by atoms with Crippen molar-refractivity contribution in [3.05, 3.63) is 5.01 Å². The van der Waals surface area contributed by atoms with Gasteiger partial charge in [-0.1, -0.05) is 0 Å². The van der Waals surface area contributed by atoms with Crippen LogP contribution in [0.15, 0.2) is 0 Å². The highest BCUT2D eigenvalue weighted by atomic mass is 16.4. The van der Waals surface area contributed by atoms with Gasteiger partial charge in [0.2, 0.25) is 5.01 Å². The lowest BCUT2D eigenvalue weighted by atomic mass is 10.6. The summed E-state index contributed by atoms with van der Waals surface area (Å²) in [6.07, 6.45) is 0.677. The minimum atomic E-state index is 0.677. The summed E-state index contributed by atoms with van der Waals surface area (Å²) in [4.78, 5) is 0. The molecule has 2 heteroatoms. The van der Waals surface area contributed by atoms with Crippen molar-refractivity contribution >= 4 is 0 Å². The maximum atomic E-state index is 7.58. The summed E-state index contributed by atoms with van der Waals surface area (Å²) in [7, 11) is 0. The van der Waals surface area contributed by atoms with Crippen molar-refractivity contribution in [2.24, 2.45) is 0 Å². The fourth-order valence-electron chi connectivity index (χ4n) is 0.0707. The van der Waals surface area contributed by atoms with Gasteiger partial charge in [-0.2, -0.15) is 5.21 Å². The quantitative estimate of drug-likeness (QED) is 0.426. The van der Waals surface area contributed by atoms with E-state index in [0.29, 0.717) is 6.42 Å². The van der Waals surface area contributed by atoms with E-state index in [4.69, 9.17) is 5.21 Å². The summed E-state index contributed by atoms with van der Waals surface area (Å²) in [5.74, 6) is 0. The van der Waals surface area contributed by atoms with Crippen LogP contribution in [-0.2, 0) is 0 Å². The van der Waals surface area contributed by atoms with Crippen LogP contribution in [0.5, 0.6) is 0 Å². The molecule has 0 aromatic rings. The molecule has 0 aliphatic heterocycles. The molecule has 1 N–H and O–H groups in total. The lowest BCUT2D eigenvalue weighted by Gasteiger charge is -1.40. The molecule has 0 aliphatic carbocycles. The van der Waals surface area contributed by atoms with Crippen LogP contribution in [0.4, 0.5) is 0 Å². The van der Waals surface area contributed by atoms with E-state index in [1.807, 2.05) is 6.92 Å². The highest BCUT2D eigenvalue weighted by Crippen LogP contribution is 1.63. The smallest absolute Gasteiger partial charge is 0.177 e. The van der Waals surface area contributed by atoms with E-state index in [1.165, 1.54) is 0 Å². The van der Waals surface area contributed by atoms with Gasteiger partial charge < -0.3 is 0 Å². The first-order valence-corrected chi connectivity index (χ1v) is 1.48. The molecule has 0 radical (unpaired) electrons. The minimum absolute atomic E-state index is 0.677. The van der Waals surface area contributed by atoms with E-state index in [9.17, 15) is 0 Å². The van der Waals surface area contributed by atoms with Crippen molar-refractivity contribution < 1.29 is 5.21 Å². The van der Waals surface area contributed by atoms with Crippen molar-refractivity contribution in [1.82, 2.24) is 0 Å². The predicted octanol–water partition coefficient (Wildman–Crippen LogP) is 1.12. The van der Waals surface area contributed by atoms with Gasteiger partial charge in [0, 0.05) is 0 Å². The molecule has 0 aromatic heterocycles. The largest absolute Gasteiger partial charge is 0.349 e. The Labute approximate surface area is 30.8 Å². The van der Waals surface area contributed by atoms with Crippen LogP contribution in [0.25, 0.3) is 5.01 Å². The Balaban J connectivity index is 2.81. The third-order valence-corrected chi connectivity index (χ3v) is 0.229. The first-order valence-electron chi connectivity index (χ1n) is 1.48. The molecule has 5 heavy (non-hydrogen) atoms. The number of rotatable bonds is 0. The van der Waals surface area contributed by atoms with Gasteiger partial charge in [0.15, 0.2) is 0 Å². The third-order valence-electron chi connectivity index (χ3n) is 0.229. The van der Waals surface area contributed by atoms with Gasteiger partial charge >= 0.3 is 6.07 Å². The van der Waals surface area contributed by atoms with Gasteiger partial charge in [0.05, 0.1) is 6.42 Å². The van der Waals surface area contributed by atoms with E-state index in [2.05, 4.69) is 11.1 Å². The van der Waals surface area contributed by atoms with E-state index in [-0.39, 0.29) is 0 Å². The Hall–Kier alpha value is -0.710. The van der Waals surface area contributed by atoms with Crippen LogP contribution >= 0.6 is 0 Å². The zero-order valence-corrected chi connectivity index (χ0v) is 3.10. The highest BCUT2D eigenvalue weighted by Gasteiger charge is 1.69. The summed E-state index contributed by atoms with van der Waals surface area (Å²) in [6, 6.07) is 2.29. The molecule has 0 saturated heterocycles. The molecule has 0 aliphatic rings. The molecule has 0 heterocycles. The van der Waals surface area contributed by atoms with Gasteiger partial charge in [-0.25, -0.2) is 0 Å². The Morgan fingerprint density at radius 3 is 2.60 bits per heavy atom. The first kappa shape index (κ1) is 4.29. The molecule has 0 spiro atoms. The van der Waals surface area contributed by atoms with E-state index in [1.54, 1.807) is 0 Å². The summed E-state index contributed by atoms with van der Waals surface area (Å²) < 4.78 is 0. The van der Waals surface area contributed by atoms with E-state index < -0.39 is 0 Å². The van der Waals surface area contributed by atoms with Crippen molar-refractivity contribution in [3.63, 3.8) is 0 Å². The Morgan fingerprint density at radius 2 is 2.60 bits per heavy atom. The van der Waals surface area contributed by atoms with E-state index in [0.717, 1.165) is 0 Å². The van der Waals surface area contributed by atoms with Gasteiger partial charge in [-0.3, -0.25) is 0 Å². The predicted molar refractivity (Wildman–Crippen MR) is 19.3 cm³/mol. The lowest BCUT2D eigenvalue weighted by Crippen LogP contribution is -1.44. The van der Waals surface area contributed by atoms with Crippen LogP contribution < -0.4 is 0 Å². The molecule has 2 nitrogen and oxygen atoms in total. The molecule has 0 unspecified atom stereocenters. The second-order valence-corrected chi connectivity index (χ2v) is 0.612. The van der Waals surface area contributed by atoms with Gasteiger partial charge in [-0.15, -0.1) is 0 Å². The van der Waals surface area contributed by atoms with Gasteiger partial charge in [0.1, 0.15) is 0 Å². The zero-order chi connectivity index (χ0) is 4.12. The molecule has 0 saturated carbocycles. The number of hydrogen-bond donors (Lipinski definition) is 1. The normalized spacial score (nSPS) is 5.00. The highest BCUT2D eigenvalue weighted by molar-refractivity contribution is 4.74. The molecule has 0 amide bonds. The maximum absolute atomic E-state index is 7.58. The summed E-state index contributed by atoms with van der Waals surface area (Å²) in [5.41, 5.74) is 0. The van der Waals surface area contributed by atoms with Crippen LogP contribution in [0.3, 0.4) is 0 Å². The maximum Gasteiger partial charge on any atom is 0.349 e. The molecular weight excluding hydrogens is 66.0 g/mol. The van der Waals surface area contributed by atoms with Crippen LogP contribution in [0.1, 0.15) is 13.3 Å². The molecule has 28 valence electrons. The van der Waals surface area contributed by atoms with Crippen molar-refractivity contribution in [1.29, 1.82) is 0 Å². The molecular formula is C3H6NO+.